The molecule has 1 aromatic rings. The average molecular weight is 263 g/mol. The van der Waals surface area contributed by atoms with Crippen LogP contribution in [0.25, 0.3) is 0 Å². The predicted molar refractivity (Wildman–Crippen MR) is 73.9 cm³/mol. The van der Waals surface area contributed by atoms with Gasteiger partial charge in [0.05, 0.1) is 13.5 Å². The minimum atomic E-state index is -0.392. The van der Waals surface area contributed by atoms with Gasteiger partial charge in [-0.2, -0.15) is 0 Å². The highest BCUT2D eigenvalue weighted by Crippen LogP contribution is 2.12. The van der Waals surface area contributed by atoms with Gasteiger partial charge in [0.2, 0.25) is 5.91 Å². The summed E-state index contributed by atoms with van der Waals surface area (Å²) in [4.78, 5) is 24.9. The molecular formula is C15H21NO3. The molecule has 0 aliphatic carbocycles. The predicted octanol–water partition coefficient (Wildman–Crippen LogP) is 1.87. The van der Waals surface area contributed by atoms with Crippen LogP contribution in [0, 0.1) is 13.8 Å². The monoisotopic (exact) mass is 263 g/mol. The maximum atomic E-state index is 12.2. The smallest absolute Gasteiger partial charge is 0.325 e. The van der Waals surface area contributed by atoms with Gasteiger partial charge in [-0.05, 0) is 31.9 Å². The molecule has 0 radical (unpaired) electrons. The van der Waals surface area contributed by atoms with Crippen molar-refractivity contribution in [1.82, 2.24) is 4.90 Å². The summed E-state index contributed by atoms with van der Waals surface area (Å²) in [5, 5.41) is 0. The highest BCUT2D eigenvalue weighted by molar-refractivity contribution is 5.83. The number of ether oxygens (including phenoxy) is 1. The van der Waals surface area contributed by atoms with Crippen molar-refractivity contribution in [3.63, 3.8) is 0 Å². The zero-order valence-electron chi connectivity index (χ0n) is 12.0. The molecule has 104 valence electrons. The van der Waals surface area contributed by atoms with Gasteiger partial charge in [0, 0.05) is 6.54 Å². The van der Waals surface area contributed by atoms with Gasteiger partial charge < -0.3 is 9.64 Å². The van der Waals surface area contributed by atoms with E-state index in [4.69, 9.17) is 0 Å². The maximum Gasteiger partial charge on any atom is 0.325 e. The molecule has 0 fully saturated rings. The van der Waals surface area contributed by atoms with Crippen LogP contribution in [0.5, 0.6) is 0 Å². The van der Waals surface area contributed by atoms with Crippen LogP contribution in [0.15, 0.2) is 18.2 Å². The molecule has 0 aliphatic heterocycles. The summed E-state index contributed by atoms with van der Waals surface area (Å²) in [7, 11) is 1.32. The largest absolute Gasteiger partial charge is 0.468 e. The molecule has 0 unspecified atom stereocenters. The number of amides is 1. The van der Waals surface area contributed by atoms with Gasteiger partial charge in [0.15, 0.2) is 0 Å². The second kappa shape index (κ2) is 6.92. The number of nitrogens with zero attached hydrogens (tertiary/aromatic N) is 1. The number of carbonyl (C=O) groups excluding carboxylic acids is 2. The second-order valence-corrected chi connectivity index (χ2v) is 4.59. The highest BCUT2D eigenvalue weighted by Gasteiger charge is 2.16. The molecule has 1 aromatic carbocycles. The summed E-state index contributed by atoms with van der Waals surface area (Å²) in [5.74, 6) is -0.447. The number of rotatable bonds is 5. The lowest BCUT2D eigenvalue weighted by Crippen LogP contribution is -2.37. The van der Waals surface area contributed by atoms with E-state index in [0.717, 1.165) is 16.7 Å². The number of methoxy groups -OCH3 is 1. The fraction of sp³-hybridized carbons (Fsp3) is 0.467. The number of likely N-dealkylation sites (N-methyl/N-ethyl adjacent to an activating group) is 1. The Labute approximate surface area is 114 Å². The fourth-order valence-corrected chi connectivity index (χ4v) is 1.86. The average Bonchev–Trinajstić information content (AvgIpc) is 2.39. The molecule has 0 bridgehead atoms. The third-order valence-corrected chi connectivity index (χ3v) is 3.13. The van der Waals surface area contributed by atoms with Crippen LogP contribution >= 0.6 is 0 Å². The van der Waals surface area contributed by atoms with Gasteiger partial charge in [0.25, 0.3) is 0 Å². The van der Waals surface area contributed by atoms with Gasteiger partial charge in [-0.1, -0.05) is 23.8 Å². The minimum Gasteiger partial charge on any atom is -0.468 e. The molecular weight excluding hydrogens is 242 g/mol. The normalized spacial score (nSPS) is 10.1. The molecule has 0 aromatic heterocycles. The summed E-state index contributed by atoms with van der Waals surface area (Å²) in [6.45, 7) is 6.34. The minimum absolute atomic E-state index is 0.0106. The van der Waals surface area contributed by atoms with Crippen LogP contribution in [0.4, 0.5) is 0 Å². The summed E-state index contributed by atoms with van der Waals surface area (Å²) in [5.41, 5.74) is 3.23. The molecule has 0 saturated carbocycles. The van der Waals surface area contributed by atoms with Crippen molar-refractivity contribution < 1.29 is 14.3 Å². The van der Waals surface area contributed by atoms with Gasteiger partial charge in [-0.15, -0.1) is 0 Å². The molecule has 0 heterocycles. The molecule has 19 heavy (non-hydrogen) atoms. The standard InChI is InChI=1S/C15H21NO3/c1-5-16(10-15(18)19-4)14(17)9-13-8-11(2)6-7-12(13)3/h6-8H,5,9-10H2,1-4H3. The van der Waals surface area contributed by atoms with Crippen LogP contribution in [-0.2, 0) is 20.7 Å². The van der Waals surface area contributed by atoms with Crippen molar-refractivity contribution in [2.45, 2.75) is 27.2 Å². The van der Waals surface area contributed by atoms with Crippen LogP contribution in [-0.4, -0.2) is 37.0 Å². The Kier molecular flexibility index (Phi) is 5.55. The topological polar surface area (TPSA) is 46.6 Å². The number of hydrogen-bond acceptors (Lipinski definition) is 3. The Hall–Kier alpha value is -1.84. The van der Waals surface area contributed by atoms with Gasteiger partial charge in [0.1, 0.15) is 6.54 Å². The summed E-state index contributed by atoms with van der Waals surface area (Å²) < 4.78 is 4.59. The van der Waals surface area contributed by atoms with Crippen LogP contribution in [0.2, 0.25) is 0 Å². The van der Waals surface area contributed by atoms with E-state index in [0.29, 0.717) is 13.0 Å². The maximum absolute atomic E-state index is 12.2. The van der Waals surface area contributed by atoms with E-state index in [1.54, 1.807) is 0 Å². The number of aryl methyl sites for hydroxylation is 2. The number of esters is 1. The van der Waals surface area contributed by atoms with Crippen molar-refractivity contribution in [3.8, 4) is 0 Å². The van der Waals surface area contributed by atoms with Crippen molar-refractivity contribution in [2.75, 3.05) is 20.2 Å². The van der Waals surface area contributed by atoms with Crippen LogP contribution in [0.3, 0.4) is 0 Å². The first-order valence-electron chi connectivity index (χ1n) is 6.38. The Morgan fingerprint density at radius 1 is 1.26 bits per heavy atom. The molecule has 0 atom stereocenters. The molecule has 1 rings (SSSR count). The highest BCUT2D eigenvalue weighted by atomic mass is 16.5. The van der Waals surface area contributed by atoms with Gasteiger partial charge in [-0.25, -0.2) is 0 Å². The lowest BCUT2D eigenvalue weighted by molar-refractivity contribution is -0.146. The van der Waals surface area contributed by atoms with Gasteiger partial charge >= 0.3 is 5.97 Å². The molecule has 0 spiro atoms. The van der Waals surface area contributed by atoms with Crippen LogP contribution < -0.4 is 0 Å². The Balaban J connectivity index is 2.76. The third-order valence-electron chi connectivity index (χ3n) is 3.13. The Morgan fingerprint density at radius 3 is 2.53 bits per heavy atom. The van der Waals surface area contributed by atoms with E-state index in [2.05, 4.69) is 4.74 Å². The van der Waals surface area contributed by atoms with Crippen molar-refractivity contribution in [1.29, 1.82) is 0 Å². The van der Waals surface area contributed by atoms with Crippen molar-refractivity contribution in [3.05, 3.63) is 34.9 Å². The van der Waals surface area contributed by atoms with Gasteiger partial charge in [-0.3, -0.25) is 9.59 Å². The first kappa shape index (κ1) is 15.2. The third kappa shape index (κ3) is 4.39. The van der Waals surface area contributed by atoms with Crippen molar-refractivity contribution >= 4 is 11.9 Å². The molecule has 0 saturated heterocycles. The summed E-state index contributed by atoms with van der Waals surface area (Å²) in [6.07, 6.45) is 0.318. The zero-order chi connectivity index (χ0) is 14.4. The molecule has 4 nitrogen and oxygen atoms in total. The Morgan fingerprint density at radius 2 is 1.95 bits per heavy atom. The molecule has 0 aliphatic rings. The van der Waals surface area contributed by atoms with E-state index in [-0.39, 0.29) is 12.5 Å². The van der Waals surface area contributed by atoms with E-state index in [1.807, 2.05) is 39.0 Å². The number of hydrogen-bond donors (Lipinski definition) is 0. The van der Waals surface area contributed by atoms with Crippen molar-refractivity contribution in [2.24, 2.45) is 0 Å². The lowest BCUT2D eigenvalue weighted by Gasteiger charge is -2.20. The molecule has 0 N–H and O–H groups in total. The molecule has 1 amide bonds. The first-order valence-corrected chi connectivity index (χ1v) is 6.38. The van der Waals surface area contributed by atoms with Crippen LogP contribution in [0.1, 0.15) is 23.6 Å². The van der Waals surface area contributed by atoms with E-state index < -0.39 is 5.97 Å². The number of carbonyl (C=O) groups is 2. The summed E-state index contributed by atoms with van der Waals surface area (Å²) >= 11 is 0. The lowest BCUT2D eigenvalue weighted by atomic mass is 10.0. The van der Waals surface area contributed by atoms with E-state index >= 15 is 0 Å². The zero-order valence-corrected chi connectivity index (χ0v) is 12.0. The quantitative estimate of drug-likeness (QED) is 0.762. The SMILES string of the molecule is CCN(CC(=O)OC)C(=O)Cc1cc(C)ccc1C. The fourth-order valence-electron chi connectivity index (χ4n) is 1.86. The second-order valence-electron chi connectivity index (χ2n) is 4.59. The first-order chi connectivity index (χ1) is 8.97. The number of benzene rings is 1. The van der Waals surface area contributed by atoms with E-state index in [9.17, 15) is 9.59 Å². The Bertz CT molecular complexity index is 468. The summed E-state index contributed by atoms with van der Waals surface area (Å²) in [6, 6.07) is 6.04. The van der Waals surface area contributed by atoms with E-state index in [1.165, 1.54) is 12.0 Å². The molecule has 4 heteroatoms.